The summed E-state index contributed by atoms with van der Waals surface area (Å²) in [4.78, 5) is 2.28. The largest absolute Gasteiger partial charge is 0.375 e. The molecule has 0 radical (unpaired) electrons. The van der Waals surface area contributed by atoms with Crippen LogP contribution in [0.15, 0.2) is 18.2 Å². The molecule has 0 spiro atoms. The number of hydrogen-bond donors (Lipinski definition) is 1. The maximum Gasteiger partial charge on any atom is 0.0471 e. The van der Waals surface area contributed by atoms with Crippen molar-refractivity contribution in [1.82, 2.24) is 5.32 Å². The second kappa shape index (κ2) is 7.90. The zero-order valence-corrected chi connectivity index (χ0v) is 14.3. The Labute approximate surface area is 129 Å². The first-order valence-electron chi connectivity index (χ1n) is 7.58. The van der Waals surface area contributed by atoms with Crippen LogP contribution in [0.25, 0.3) is 0 Å². The minimum atomic E-state index is 0.110. The summed E-state index contributed by atoms with van der Waals surface area (Å²) in [5, 5.41) is 4.32. The molecule has 0 aromatic heterocycles. The van der Waals surface area contributed by atoms with Crippen molar-refractivity contribution in [3.8, 4) is 0 Å². The maximum atomic E-state index is 6.40. The van der Waals surface area contributed by atoms with Gasteiger partial charge < -0.3 is 10.2 Å². The molecule has 0 saturated carbocycles. The molecular weight excluding hydrogens is 268 g/mol. The van der Waals surface area contributed by atoms with E-state index in [9.17, 15) is 0 Å². The van der Waals surface area contributed by atoms with Crippen molar-refractivity contribution in [3.63, 3.8) is 0 Å². The van der Waals surface area contributed by atoms with E-state index in [0.717, 1.165) is 23.7 Å². The molecule has 0 amide bonds. The Kier molecular flexibility index (Phi) is 6.84. The number of anilines is 1. The van der Waals surface area contributed by atoms with Gasteiger partial charge in [-0.15, -0.1) is 0 Å². The van der Waals surface area contributed by atoms with Gasteiger partial charge in [-0.2, -0.15) is 0 Å². The van der Waals surface area contributed by atoms with Crippen LogP contribution in [0.4, 0.5) is 5.69 Å². The molecule has 0 bridgehead atoms. The maximum absolute atomic E-state index is 6.40. The van der Waals surface area contributed by atoms with Crippen molar-refractivity contribution in [2.24, 2.45) is 0 Å². The van der Waals surface area contributed by atoms with E-state index in [2.05, 4.69) is 63.2 Å². The first-order valence-corrected chi connectivity index (χ1v) is 7.96. The standard InChI is InChI=1S/C17H29ClN2/c1-6-7-8-11-20(5)15-10-9-14(16(18)12-15)13-19-17(2,3)4/h9-10,12,19H,6-8,11,13H2,1-5H3. The first kappa shape index (κ1) is 17.3. The summed E-state index contributed by atoms with van der Waals surface area (Å²) in [5.74, 6) is 0. The van der Waals surface area contributed by atoms with Crippen LogP contribution in [0.5, 0.6) is 0 Å². The number of benzene rings is 1. The monoisotopic (exact) mass is 296 g/mol. The molecule has 3 heteroatoms. The van der Waals surface area contributed by atoms with Crippen molar-refractivity contribution < 1.29 is 0 Å². The molecule has 0 fully saturated rings. The topological polar surface area (TPSA) is 15.3 Å². The minimum Gasteiger partial charge on any atom is -0.375 e. The Bertz CT molecular complexity index is 410. The van der Waals surface area contributed by atoms with Gasteiger partial charge in [-0.25, -0.2) is 0 Å². The van der Waals surface area contributed by atoms with Crippen LogP contribution in [-0.4, -0.2) is 19.1 Å². The van der Waals surface area contributed by atoms with Gasteiger partial charge in [0, 0.05) is 36.4 Å². The average Bonchev–Trinajstić information content (AvgIpc) is 2.36. The van der Waals surface area contributed by atoms with Crippen molar-refractivity contribution >= 4 is 17.3 Å². The van der Waals surface area contributed by atoms with Gasteiger partial charge in [-0.3, -0.25) is 0 Å². The van der Waals surface area contributed by atoms with Gasteiger partial charge in [0.25, 0.3) is 0 Å². The lowest BCUT2D eigenvalue weighted by atomic mass is 10.1. The van der Waals surface area contributed by atoms with Crippen LogP contribution in [0.3, 0.4) is 0 Å². The van der Waals surface area contributed by atoms with E-state index >= 15 is 0 Å². The smallest absolute Gasteiger partial charge is 0.0471 e. The molecule has 2 nitrogen and oxygen atoms in total. The molecule has 0 aliphatic rings. The quantitative estimate of drug-likeness (QED) is 0.723. The van der Waals surface area contributed by atoms with Crippen molar-refractivity contribution in [2.45, 2.75) is 59.0 Å². The number of hydrogen-bond acceptors (Lipinski definition) is 2. The van der Waals surface area contributed by atoms with Crippen molar-refractivity contribution in [1.29, 1.82) is 0 Å². The molecule has 0 aliphatic heterocycles. The molecule has 114 valence electrons. The molecule has 0 heterocycles. The van der Waals surface area contributed by atoms with Gasteiger partial charge in [0.1, 0.15) is 0 Å². The van der Waals surface area contributed by atoms with Gasteiger partial charge in [0.15, 0.2) is 0 Å². The van der Waals surface area contributed by atoms with Gasteiger partial charge >= 0.3 is 0 Å². The highest BCUT2D eigenvalue weighted by Gasteiger charge is 2.11. The van der Waals surface area contributed by atoms with Crippen LogP contribution in [0.1, 0.15) is 52.5 Å². The number of nitrogens with one attached hydrogen (secondary N) is 1. The predicted octanol–water partition coefficient (Wildman–Crippen LogP) is 4.85. The molecule has 0 saturated heterocycles. The van der Waals surface area contributed by atoms with E-state index in [-0.39, 0.29) is 5.54 Å². The van der Waals surface area contributed by atoms with Crippen LogP contribution in [0.2, 0.25) is 5.02 Å². The van der Waals surface area contributed by atoms with Gasteiger partial charge in [-0.05, 0) is 44.9 Å². The third-order valence-electron chi connectivity index (χ3n) is 3.38. The van der Waals surface area contributed by atoms with Crippen LogP contribution in [-0.2, 0) is 6.54 Å². The molecule has 1 rings (SSSR count). The average molecular weight is 297 g/mol. The summed E-state index contributed by atoms with van der Waals surface area (Å²) < 4.78 is 0. The fraction of sp³-hybridized carbons (Fsp3) is 0.647. The van der Waals surface area contributed by atoms with Crippen LogP contribution >= 0.6 is 11.6 Å². The summed E-state index contributed by atoms with van der Waals surface area (Å²) in [6, 6.07) is 6.37. The second-order valence-corrected chi connectivity index (χ2v) is 6.92. The molecule has 0 atom stereocenters. The fourth-order valence-electron chi connectivity index (χ4n) is 2.01. The lowest BCUT2D eigenvalue weighted by Gasteiger charge is -2.23. The zero-order chi connectivity index (χ0) is 15.2. The molecule has 1 N–H and O–H groups in total. The van der Waals surface area contributed by atoms with Gasteiger partial charge in [-0.1, -0.05) is 37.4 Å². The Morgan fingerprint density at radius 1 is 1.20 bits per heavy atom. The fourth-order valence-corrected chi connectivity index (χ4v) is 2.25. The zero-order valence-electron chi connectivity index (χ0n) is 13.6. The van der Waals surface area contributed by atoms with E-state index in [1.807, 2.05) is 0 Å². The molecule has 0 unspecified atom stereocenters. The Balaban J connectivity index is 2.62. The second-order valence-electron chi connectivity index (χ2n) is 6.51. The summed E-state index contributed by atoms with van der Waals surface area (Å²) >= 11 is 6.40. The number of unbranched alkanes of at least 4 members (excludes halogenated alkanes) is 2. The highest BCUT2D eigenvalue weighted by molar-refractivity contribution is 6.31. The van der Waals surface area contributed by atoms with Crippen molar-refractivity contribution in [2.75, 3.05) is 18.5 Å². The van der Waals surface area contributed by atoms with Crippen molar-refractivity contribution in [3.05, 3.63) is 28.8 Å². The lowest BCUT2D eigenvalue weighted by Crippen LogP contribution is -2.35. The van der Waals surface area contributed by atoms with E-state index in [1.54, 1.807) is 0 Å². The van der Waals surface area contributed by atoms with E-state index in [0.29, 0.717) is 0 Å². The van der Waals surface area contributed by atoms with E-state index < -0.39 is 0 Å². The number of halogens is 1. The number of rotatable bonds is 7. The highest BCUT2D eigenvalue weighted by Crippen LogP contribution is 2.24. The van der Waals surface area contributed by atoms with Gasteiger partial charge in [0.05, 0.1) is 0 Å². The third kappa shape index (κ3) is 6.15. The highest BCUT2D eigenvalue weighted by atomic mass is 35.5. The molecule has 20 heavy (non-hydrogen) atoms. The Morgan fingerprint density at radius 2 is 1.90 bits per heavy atom. The third-order valence-corrected chi connectivity index (χ3v) is 3.74. The molecule has 1 aromatic rings. The molecular formula is C17H29ClN2. The first-order chi connectivity index (χ1) is 9.33. The Hall–Kier alpha value is -0.730. The van der Waals surface area contributed by atoms with E-state index in [1.165, 1.54) is 24.9 Å². The van der Waals surface area contributed by atoms with Crippen LogP contribution < -0.4 is 10.2 Å². The lowest BCUT2D eigenvalue weighted by molar-refractivity contribution is 0.424. The Morgan fingerprint density at radius 3 is 2.45 bits per heavy atom. The summed E-state index contributed by atoms with van der Waals surface area (Å²) in [6.45, 7) is 10.6. The molecule has 0 aliphatic carbocycles. The predicted molar refractivity (Wildman–Crippen MR) is 90.8 cm³/mol. The summed E-state index contributed by atoms with van der Waals surface area (Å²) in [7, 11) is 2.13. The van der Waals surface area contributed by atoms with Crippen LogP contribution in [0, 0.1) is 0 Å². The number of nitrogens with zero attached hydrogens (tertiary/aromatic N) is 1. The van der Waals surface area contributed by atoms with Gasteiger partial charge in [0.2, 0.25) is 0 Å². The summed E-state index contributed by atoms with van der Waals surface area (Å²) in [5.41, 5.74) is 2.47. The summed E-state index contributed by atoms with van der Waals surface area (Å²) in [6.07, 6.45) is 3.77. The molecule has 1 aromatic carbocycles. The SMILES string of the molecule is CCCCCN(C)c1ccc(CNC(C)(C)C)c(Cl)c1. The van der Waals surface area contributed by atoms with E-state index in [4.69, 9.17) is 11.6 Å². The minimum absolute atomic E-state index is 0.110. The normalized spacial score (nSPS) is 11.7.